The average Bonchev–Trinajstić information content (AvgIpc) is 3.25. The molecule has 4 rings (SSSR count). The van der Waals surface area contributed by atoms with E-state index in [0.717, 1.165) is 36.1 Å². The van der Waals surface area contributed by atoms with Crippen molar-refractivity contribution in [2.45, 2.75) is 51.5 Å². The fourth-order valence-corrected chi connectivity index (χ4v) is 6.17. The number of likely N-dealkylation sites (tertiary alicyclic amines) is 1. The molecule has 1 aromatic carbocycles. The van der Waals surface area contributed by atoms with Gasteiger partial charge in [0.25, 0.3) is 0 Å². The van der Waals surface area contributed by atoms with Gasteiger partial charge in [-0.25, -0.2) is 4.79 Å². The van der Waals surface area contributed by atoms with E-state index in [9.17, 15) is 14.8 Å². The summed E-state index contributed by atoms with van der Waals surface area (Å²) >= 11 is 1.37. The van der Waals surface area contributed by atoms with Crippen molar-refractivity contribution in [3.05, 3.63) is 46.5 Å². The average molecular weight is 471 g/mol. The lowest BCUT2D eigenvalue weighted by atomic mass is 9.82. The van der Waals surface area contributed by atoms with E-state index < -0.39 is 5.97 Å². The van der Waals surface area contributed by atoms with Crippen LogP contribution in [0.2, 0.25) is 0 Å². The van der Waals surface area contributed by atoms with Gasteiger partial charge >= 0.3 is 5.97 Å². The van der Waals surface area contributed by atoms with Gasteiger partial charge in [-0.05, 0) is 43.2 Å². The zero-order valence-corrected chi connectivity index (χ0v) is 20.6. The molecule has 2 aromatic rings. The van der Waals surface area contributed by atoms with Crippen molar-refractivity contribution in [2.24, 2.45) is 11.8 Å². The first-order valence-electron chi connectivity index (χ1n) is 12.0. The number of esters is 1. The van der Waals surface area contributed by atoms with E-state index in [1.165, 1.54) is 18.4 Å². The van der Waals surface area contributed by atoms with E-state index in [4.69, 9.17) is 4.74 Å². The summed E-state index contributed by atoms with van der Waals surface area (Å²) in [6, 6.07) is 11.8. The van der Waals surface area contributed by atoms with Gasteiger partial charge in [0.1, 0.15) is 4.88 Å². The molecule has 2 heterocycles. The molecule has 2 fully saturated rings. The molecule has 1 amide bonds. The van der Waals surface area contributed by atoms with E-state index in [-0.39, 0.29) is 22.5 Å². The smallest absolute Gasteiger partial charge is 0.350 e. The fourth-order valence-electron chi connectivity index (χ4n) is 5.10. The second-order valence-corrected chi connectivity index (χ2v) is 10.9. The monoisotopic (exact) mass is 470 g/mol. The normalized spacial score (nSPS) is 27.7. The van der Waals surface area contributed by atoms with Crippen LogP contribution in [-0.2, 0) is 9.53 Å². The number of benzene rings is 1. The third-order valence-electron chi connectivity index (χ3n) is 7.24. The minimum atomic E-state index is -0.424. The molecule has 0 atom stereocenters. The standard InChI is InChI=1S/C26H34N2O4S/c1-18-9-11-20(12-10-18)25(29)27(21-13-15-28(2,31)16-14-21)22-17-23(19-7-5-4-6-8-19)33-24(22)26(30)32-3/h4-8,17-18,20-21H,9-16H2,1-3H3. The molecule has 1 saturated heterocycles. The van der Waals surface area contributed by atoms with Gasteiger partial charge in [-0.2, -0.15) is 0 Å². The van der Waals surface area contributed by atoms with Crippen LogP contribution in [0.5, 0.6) is 0 Å². The van der Waals surface area contributed by atoms with Gasteiger partial charge in [-0.15, -0.1) is 11.3 Å². The number of ether oxygens (including phenoxy) is 1. The van der Waals surface area contributed by atoms with Gasteiger partial charge in [0.15, 0.2) is 0 Å². The SMILES string of the molecule is COC(=O)c1sc(-c2ccccc2)cc1N(C(=O)C1CCC(C)CC1)C1CC[N+](C)([O-])CC1. The molecule has 1 saturated carbocycles. The maximum Gasteiger partial charge on any atom is 0.350 e. The number of anilines is 1. The molecule has 1 aliphatic heterocycles. The number of piperidine rings is 1. The third kappa shape index (κ3) is 5.31. The summed E-state index contributed by atoms with van der Waals surface area (Å²) in [6.07, 6.45) is 5.11. The molecular weight excluding hydrogens is 436 g/mol. The Bertz CT molecular complexity index is 969. The molecule has 1 aliphatic carbocycles. The Morgan fingerprint density at radius 2 is 1.70 bits per heavy atom. The van der Waals surface area contributed by atoms with Gasteiger partial charge < -0.3 is 19.5 Å². The summed E-state index contributed by atoms with van der Waals surface area (Å²) in [7, 11) is 3.08. The van der Waals surface area contributed by atoms with Crippen LogP contribution in [0.3, 0.4) is 0 Å². The first-order valence-corrected chi connectivity index (χ1v) is 12.8. The summed E-state index contributed by atoms with van der Waals surface area (Å²) in [4.78, 5) is 30.0. The number of hydroxylamine groups is 3. The molecule has 7 heteroatoms. The van der Waals surface area contributed by atoms with E-state index in [0.29, 0.717) is 42.4 Å². The van der Waals surface area contributed by atoms with Crippen molar-refractivity contribution in [3.8, 4) is 10.4 Å². The van der Waals surface area contributed by atoms with Crippen LogP contribution in [0, 0.1) is 17.0 Å². The largest absolute Gasteiger partial charge is 0.633 e. The van der Waals surface area contributed by atoms with Crippen molar-refractivity contribution in [3.63, 3.8) is 0 Å². The summed E-state index contributed by atoms with van der Waals surface area (Å²) in [5.41, 5.74) is 1.64. The highest BCUT2D eigenvalue weighted by Gasteiger charge is 2.38. The number of carbonyl (C=O) groups excluding carboxylic acids is 2. The van der Waals surface area contributed by atoms with E-state index in [2.05, 4.69) is 6.92 Å². The maximum atomic E-state index is 14.0. The van der Waals surface area contributed by atoms with Crippen LogP contribution >= 0.6 is 11.3 Å². The summed E-state index contributed by atoms with van der Waals surface area (Å²) in [5.74, 6) is 0.276. The molecule has 0 unspecified atom stereocenters. The van der Waals surface area contributed by atoms with Crippen LogP contribution in [0.1, 0.15) is 55.1 Å². The highest BCUT2D eigenvalue weighted by molar-refractivity contribution is 7.18. The third-order valence-corrected chi connectivity index (χ3v) is 8.39. The van der Waals surface area contributed by atoms with Crippen LogP contribution < -0.4 is 4.90 Å². The topological polar surface area (TPSA) is 69.7 Å². The number of thiophene rings is 1. The first-order chi connectivity index (χ1) is 15.8. The van der Waals surface area contributed by atoms with Crippen LogP contribution in [0.4, 0.5) is 5.69 Å². The molecule has 0 radical (unpaired) electrons. The molecule has 6 nitrogen and oxygen atoms in total. The van der Waals surface area contributed by atoms with Crippen molar-refractivity contribution >= 4 is 28.9 Å². The number of methoxy groups -OCH3 is 1. The summed E-state index contributed by atoms with van der Waals surface area (Å²) in [6.45, 7) is 3.19. The molecule has 0 spiro atoms. The maximum absolute atomic E-state index is 14.0. The fraction of sp³-hybridized carbons (Fsp3) is 0.538. The zero-order chi connectivity index (χ0) is 23.6. The Hall–Kier alpha value is -2.22. The minimum Gasteiger partial charge on any atom is -0.633 e. The van der Waals surface area contributed by atoms with Crippen molar-refractivity contribution in [2.75, 3.05) is 32.1 Å². The van der Waals surface area contributed by atoms with Gasteiger partial charge in [-0.3, -0.25) is 4.79 Å². The lowest BCUT2D eigenvalue weighted by Crippen LogP contribution is -2.53. The van der Waals surface area contributed by atoms with Crippen LogP contribution in [0.15, 0.2) is 36.4 Å². The summed E-state index contributed by atoms with van der Waals surface area (Å²) < 4.78 is 4.84. The molecular formula is C26H34N2O4S. The Kier molecular flexibility index (Phi) is 7.22. The zero-order valence-electron chi connectivity index (χ0n) is 19.8. The van der Waals surface area contributed by atoms with Crippen LogP contribution in [-0.4, -0.2) is 49.8 Å². The molecule has 178 valence electrons. The number of amides is 1. The number of hydrogen-bond donors (Lipinski definition) is 0. The molecule has 0 N–H and O–H groups in total. The van der Waals surface area contributed by atoms with Crippen LogP contribution in [0.25, 0.3) is 10.4 Å². The predicted molar refractivity (Wildman–Crippen MR) is 132 cm³/mol. The number of rotatable bonds is 5. The number of hydrogen-bond acceptors (Lipinski definition) is 5. The van der Waals surface area contributed by atoms with E-state index >= 15 is 0 Å². The molecule has 2 aliphatic rings. The number of carbonyl (C=O) groups is 2. The lowest BCUT2D eigenvalue weighted by Gasteiger charge is -2.47. The Labute approximate surface area is 200 Å². The molecule has 0 bridgehead atoms. The van der Waals surface area contributed by atoms with Gasteiger partial charge in [0, 0.05) is 29.7 Å². The minimum absolute atomic E-state index is 0.0400. The number of quaternary nitrogens is 1. The predicted octanol–water partition coefficient (Wildman–Crippen LogP) is 5.47. The Morgan fingerprint density at radius 1 is 1.06 bits per heavy atom. The van der Waals surface area contributed by atoms with Crippen molar-refractivity contribution in [1.82, 2.24) is 0 Å². The first kappa shape index (κ1) is 23.9. The molecule has 33 heavy (non-hydrogen) atoms. The Balaban J connectivity index is 1.75. The van der Waals surface area contributed by atoms with Crippen molar-refractivity contribution in [1.29, 1.82) is 0 Å². The lowest BCUT2D eigenvalue weighted by molar-refractivity contribution is -0.865. The second kappa shape index (κ2) is 9.95. The molecule has 1 aromatic heterocycles. The second-order valence-electron chi connectivity index (χ2n) is 9.82. The summed E-state index contributed by atoms with van der Waals surface area (Å²) in [5, 5.41) is 12.5. The highest BCUT2D eigenvalue weighted by Crippen LogP contribution is 2.41. The highest BCUT2D eigenvalue weighted by atomic mass is 32.1. The van der Waals surface area contributed by atoms with Gasteiger partial charge in [-0.1, -0.05) is 37.3 Å². The number of nitrogens with zero attached hydrogens (tertiary/aromatic N) is 2. The quantitative estimate of drug-likeness (QED) is 0.330. The van der Waals surface area contributed by atoms with Crippen molar-refractivity contribution < 1.29 is 19.0 Å². The van der Waals surface area contributed by atoms with E-state index in [1.807, 2.05) is 41.3 Å². The van der Waals surface area contributed by atoms with Gasteiger partial charge in [0.05, 0.1) is 32.9 Å². The Morgan fingerprint density at radius 3 is 2.30 bits per heavy atom. The van der Waals surface area contributed by atoms with E-state index in [1.54, 1.807) is 7.05 Å². The van der Waals surface area contributed by atoms with Gasteiger partial charge in [0.2, 0.25) is 5.91 Å².